The molecule has 1 heterocycles. The third kappa shape index (κ3) is 4.36. The number of ether oxygens (including phenoxy) is 2. The maximum Gasteiger partial charge on any atom is 0.0805 e. The van der Waals surface area contributed by atoms with Gasteiger partial charge in [-0.1, -0.05) is 37.6 Å². The lowest BCUT2D eigenvalue weighted by atomic mass is 9.75. The lowest BCUT2D eigenvalue weighted by Gasteiger charge is -2.37. The number of hydrogen-bond acceptors (Lipinski definition) is 2. The molecule has 1 aromatic rings. The van der Waals surface area contributed by atoms with E-state index in [1.807, 2.05) is 0 Å². The molecule has 3 rings (SSSR count). The zero-order chi connectivity index (χ0) is 16.1. The molecule has 1 aliphatic carbocycles. The topological polar surface area (TPSA) is 18.5 Å². The highest BCUT2D eigenvalue weighted by atomic mass is 16.5. The molecular weight excluding hydrogens is 284 g/mol. The third-order valence-corrected chi connectivity index (χ3v) is 5.89. The van der Waals surface area contributed by atoms with Crippen LogP contribution < -0.4 is 0 Å². The summed E-state index contributed by atoms with van der Waals surface area (Å²) in [4.78, 5) is 0. The monoisotopic (exact) mass is 316 g/mol. The van der Waals surface area contributed by atoms with E-state index in [0.29, 0.717) is 12.2 Å². The molecule has 0 aromatic heterocycles. The molecule has 128 valence electrons. The zero-order valence-electron chi connectivity index (χ0n) is 14.8. The van der Waals surface area contributed by atoms with Gasteiger partial charge in [0.05, 0.1) is 18.8 Å². The van der Waals surface area contributed by atoms with Gasteiger partial charge in [-0.05, 0) is 67.9 Å². The number of rotatable bonds is 5. The second-order valence-corrected chi connectivity index (χ2v) is 7.41. The summed E-state index contributed by atoms with van der Waals surface area (Å²) < 4.78 is 11.5. The van der Waals surface area contributed by atoms with Gasteiger partial charge in [-0.15, -0.1) is 0 Å². The van der Waals surface area contributed by atoms with Crippen LogP contribution >= 0.6 is 0 Å². The van der Waals surface area contributed by atoms with Crippen molar-refractivity contribution in [1.29, 1.82) is 0 Å². The van der Waals surface area contributed by atoms with Crippen molar-refractivity contribution in [2.45, 2.75) is 76.4 Å². The second-order valence-electron chi connectivity index (χ2n) is 7.41. The average Bonchev–Trinajstić information content (AvgIpc) is 2.63. The lowest BCUT2D eigenvalue weighted by Crippen LogP contribution is -2.36. The van der Waals surface area contributed by atoms with Crippen LogP contribution in [-0.2, 0) is 15.9 Å². The molecule has 0 spiro atoms. The van der Waals surface area contributed by atoms with Gasteiger partial charge in [0.25, 0.3) is 0 Å². The summed E-state index contributed by atoms with van der Waals surface area (Å²) >= 11 is 0. The Hall–Kier alpha value is -0.860. The van der Waals surface area contributed by atoms with E-state index in [4.69, 9.17) is 9.47 Å². The number of benzene rings is 1. The molecule has 1 saturated heterocycles. The van der Waals surface area contributed by atoms with Crippen LogP contribution in [0.15, 0.2) is 24.3 Å². The largest absolute Gasteiger partial charge is 0.379 e. The maximum absolute atomic E-state index is 6.08. The van der Waals surface area contributed by atoms with Crippen LogP contribution in [0.3, 0.4) is 0 Å². The van der Waals surface area contributed by atoms with E-state index in [1.54, 1.807) is 12.7 Å². The van der Waals surface area contributed by atoms with Gasteiger partial charge in [-0.2, -0.15) is 0 Å². The molecule has 2 aliphatic rings. The summed E-state index contributed by atoms with van der Waals surface area (Å²) in [6, 6.07) is 9.41. The Morgan fingerprint density at radius 3 is 2.30 bits per heavy atom. The van der Waals surface area contributed by atoms with Crippen molar-refractivity contribution in [2.24, 2.45) is 5.92 Å². The summed E-state index contributed by atoms with van der Waals surface area (Å²) in [6.07, 6.45) is 10.9. The third-order valence-electron chi connectivity index (χ3n) is 5.89. The van der Waals surface area contributed by atoms with E-state index in [9.17, 15) is 0 Å². The Balaban J connectivity index is 1.48. The van der Waals surface area contributed by atoms with Crippen LogP contribution in [-0.4, -0.2) is 25.9 Å². The summed E-state index contributed by atoms with van der Waals surface area (Å²) in [5, 5.41) is 0. The minimum absolute atomic E-state index is 0.323. The Morgan fingerprint density at radius 2 is 1.74 bits per heavy atom. The smallest absolute Gasteiger partial charge is 0.0805 e. The molecule has 0 N–H and O–H groups in total. The summed E-state index contributed by atoms with van der Waals surface area (Å²) in [6.45, 7) is 3.04. The summed E-state index contributed by atoms with van der Waals surface area (Å²) in [5.41, 5.74) is 3.03. The molecule has 1 aliphatic heterocycles. The van der Waals surface area contributed by atoms with Gasteiger partial charge in [0.15, 0.2) is 0 Å². The van der Waals surface area contributed by atoms with Crippen LogP contribution in [0.4, 0.5) is 0 Å². The Morgan fingerprint density at radius 1 is 1.00 bits per heavy atom. The summed E-state index contributed by atoms with van der Waals surface area (Å²) in [5.74, 6) is 1.53. The number of aryl methyl sites for hydroxylation is 1. The van der Waals surface area contributed by atoms with Crippen molar-refractivity contribution in [1.82, 2.24) is 0 Å². The van der Waals surface area contributed by atoms with E-state index in [2.05, 4.69) is 31.2 Å². The van der Waals surface area contributed by atoms with E-state index < -0.39 is 0 Å². The molecule has 2 atom stereocenters. The molecule has 0 radical (unpaired) electrons. The SMILES string of the molecule is CCCc1ccc(C2CCC(C3CCC(OC)CO3)CC2)cc1. The molecule has 0 amide bonds. The van der Waals surface area contributed by atoms with Gasteiger partial charge >= 0.3 is 0 Å². The van der Waals surface area contributed by atoms with Crippen molar-refractivity contribution in [3.05, 3.63) is 35.4 Å². The highest BCUT2D eigenvalue weighted by Crippen LogP contribution is 2.39. The van der Waals surface area contributed by atoms with Crippen LogP contribution in [0, 0.1) is 5.92 Å². The van der Waals surface area contributed by atoms with Gasteiger partial charge in [0, 0.05) is 7.11 Å². The quantitative estimate of drug-likeness (QED) is 0.752. The lowest BCUT2D eigenvalue weighted by molar-refractivity contribution is -0.0960. The Labute approximate surface area is 141 Å². The minimum atomic E-state index is 0.323. The molecule has 2 unspecified atom stereocenters. The molecule has 2 heteroatoms. The Bertz CT molecular complexity index is 451. The fraction of sp³-hybridized carbons (Fsp3) is 0.714. The second kappa shape index (κ2) is 8.30. The first-order valence-electron chi connectivity index (χ1n) is 9.53. The average molecular weight is 316 g/mol. The van der Waals surface area contributed by atoms with E-state index >= 15 is 0 Å². The van der Waals surface area contributed by atoms with Crippen molar-refractivity contribution in [3.8, 4) is 0 Å². The fourth-order valence-corrected chi connectivity index (χ4v) is 4.37. The Kier molecular flexibility index (Phi) is 6.13. The molecule has 23 heavy (non-hydrogen) atoms. The highest BCUT2D eigenvalue weighted by Gasteiger charge is 2.31. The molecular formula is C21H32O2. The van der Waals surface area contributed by atoms with Crippen molar-refractivity contribution in [3.63, 3.8) is 0 Å². The van der Waals surface area contributed by atoms with Crippen molar-refractivity contribution in [2.75, 3.05) is 13.7 Å². The molecule has 2 fully saturated rings. The zero-order valence-corrected chi connectivity index (χ0v) is 14.8. The predicted molar refractivity (Wildman–Crippen MR) is 94.9 cm³/mol. The van der Waals surface area contributed by atoms with Crippen molar-refractivity contribution < 1.29 is 9.47 Å². The van der Waals surface area contributed by atoms with Crippen LogP contribution in [0.25, 0.3) is 0 Å². The summed E-state index contributed by atoms with van der Waals surface area (Å²) in [7, 11) is 1.80. The highest BCUT2D eigenvalue weighted by molar-refractivity contribution is 5.26. The van der Waals surface area contributed by atoms with Crippen LogP contribution in [0.2, 0.25) is 0 Å². The maximum atomic E-state index is 6.08. The van der Waals surface area contributed by atoms with E-state index in [0.717, 1.165) is 18.4 Å². The predicted octanol–water partition coefficient (Wildman–Crippen LogP) is 5.11. The van der Waals surface area contributed by atoms with Crippen LogP contribution in [0.1, 0.15) is 68.9 Å². The van der Waals surface area contributed by atoms with Crippen molar-refractivity contribution >= 4 is 0 Å². The van der Waals surface area contributed by atoms with Crippen LogP contribution in [0.5, 0.6) is 0 Å². The standard InChI is InChI=1S/C21H32O2/c1-3-4-16-5-7-17(8-6-16)18-9-11-19(12-10-18)21-14-13-20(22-2)15-23-21/h5-8,18-21H,3-4,9-15H2,1-2H3. The molecule has 1 aromatic carbocycles. The first kappa shape index (κ1) is 17.0. The van der Waals surface area contributed by atoms with Gasteiger partial charge in [-0.3, -0.25) is 0 Å². The number of hydrogen-bond donors (Lipinski definition) is 0. The van der Waals surface area contributed by atoms with E-state index in [1.165, 1.54) is 56.9 Å². The van der Waals surface area contributed by atoms with Gasteiger partial charge < -0.3 is 9.47 Å². The van der Waals surface area contributed by atoms with Gasteiger partial charge in [0.1, 0.15) is 0 Å². The first-order chi connectivity index (χ1) is 11.3. The van der Waals surface area contributed by atoms with Gasteiger partial charge in [-0.25, -0.2) is 0 Å². The number of methoxy groups -OCH3 is 1. The van der Waals surface area contributed by atoms with E-state index in [-0.39, 0.29) is 0 Å². The molecule has 1 saturated carbocycles. The minimum Gasteiger partial charge on any atom is -0.379 e. The fourth-order valence-electron chi connectivity index (χ4n) is 4.37. The molecule has 2 nitrogen and oxygen atoms in total. The van der Waals surface area contributed by atoms with Gasteiger partial charge in [0.2, 0.25) is 0 Å². The molecule has 0 bridgehead atoms. The first-order valence-corrected chi connectivity index (χ1v) is 9.53. The normalized spacial score (nSPS) is 31.9.